The molecule has 1 heterocycles. The predicted molar refractivity (Wildman–Crippen MR) is 78.5 cm³/mol. The highest BCUT2D eigenvalue weighted by atomic mass is 16.6. The number of pyridine rings is 1. The van der Waals surface area contributed by atoms with Gasteiger partial charge in [0.15, 0.2) is 0 Å². The van der Waals surface area contributed by atoms with E-state index in [0.717, 1.165) is 6.54 Å². The van der Waals surface area contributed by atoms with Crippen LogP contribution in [0.25, 0.3) is 0 Å². The van der Waals surface area contributed by atoms with Crippen LogP contribution >= 0.6 is 0 Å². The molecule has 0 atom stereocenters. The third kappa shape index (κ3) is 3.36. The molecule has 0 radical (unpaired) electrons. The summed E-state index contributed by atoms with van der Waals surface area (Å²) in [7, 11) is 1.85. The minimum Gasteiger partial charge on any atom is -0.354 e. The van der Waals surface area contributed by atoms with Crippen LogP contribution in [0.3, 0.4) is 0 Å². The van der Waals surface area contributed by atoms with Gasteiger partial charge in [0, 0.05) is 19.7 Å². The Hall–Kier alpha value is -1.89. The zero-order valence-corrected chi connectivity index (χ0v) is 11.7. The fraction of sp³-hybridized carbons (Fsp3) is 0.615. The van der Waals surface area contributed by atoms with Gasteiger partial charge < -0.3 is 10.3 Å². The molecule has 1 aliphatic carbocycles. The van der Waals surface area contributed by atoms with Gasteiger partial charge in [-0.3, -0.25) is 10.1 Å². The minimum absolute atomic E-state index is 0.0160. The smallest absolute Gasteiger partial charge is 0.311 e. The number of nitrogens with one attached hydrogen (secondary N) is 1. The first-order valence-corrected chi connectivity index (χ1v) is 6.95. The number of aromatic nitrogens is 1. The van der Waals surface area contributed by atoms with Crippen LogP contribution in [0, 0.1) is 16.0 Å². The Morgan fingerprint density at radius 1 is 1.45 bits per heavy atom. The molecule has 1 aliphatic rings. The number of nitrogens with zero attached hydrogens (tertiary/aromatic N) is 3. The molecule has 0 aromatic carbocycles. The Morgan fingerprint density at radius 2 is 2.15 bits per heavy atom. The predicted octanol–water partition coefficient (Wildman–Crippen LogP) is 2.29. The van der Waals surface area contributed by atoms with Gasteiger partial charge in [-0.15, -0.1) is 0 Å². The normalized spacial score (nSPS) is 15.9. The number of anilines is 2. The largest absolute Gasteiger partial charge is 0.354 e. The zero-order chi connectivity index (χ0) is 14.5. The molecule has 1 aromatic rings. The molecule has 0 spiro atoms. The highest BCUT2D eigenvalue weighted by molar-refractivity contribution is 5.61. The summed E-state index contributed by atoms with van der Waals surface area (Å²) < 4.78 is 0. The van der Waals surface area contributed by atoms with Gasteiger partial charge in [-0.1, -0.05) is 19.3 Å². The lowest BCUT2D eigenvalue weighted by Gasteiger charge is -2.27. The Morgan fingerprint density at radius 3 is 2.75 bits per heavy atom. The van der Waals surface area contributed by atoms with E-state index in [9.17, 15) is 10.1 Å². The van der Waals surface area contributed by atoms with E-state index in [1.54, 1.807) is 0 Å². The van der Waals surface area contributed by atoms with Crippen molar-refractivity contribution in [1.29, 1.82) is 0 Å². The highest BCUT2D eigenvalue weighted by Crippen LogP contribution is 2.30. The number of hydrogen-bond donors (Lipinski definition) is 2. The molecule has 3 N–H and O–H groups in total. The Balaban J connectivity index is 2.17. The number of nitrogens with two attached hydrogens (primary N) is 1. The minimum atomic E-state index is -0.403. The zero-order valence-electron chi connectivity index (χ0n) is 11.7. The van der Waals surface area contributed by atoms with E-state index in [0.29, 0.717) is 17.6 Å². The van der Waals surface area contributed by atoms with Crippen LogP contribution in [0.2, 0.25) is 0 Å². The summed E-state index contributed by atoms with van der Waals surface area (Å²) in [4.78, 5) is 16.8. The van der Waals surface area contributed by atoms with Crippen LogP contribution in [0.4, 0.5) is 17.3 Å². The molecular formula is C13H21N5O2. The molecule has 2 rings (SSSR count). The SMILES string of the molecule is CN(CC1CCCCC1)c1nc(NN)ccc1[N+](=O)[O-]. The van der Waals surface area contributed by atoms with Crippen molar-refractivity contribution in [3.05, 3.63) is 22.2 Å². The molecule has 1 fully saturated rings. The molecule has 1 aromatic heterocycles. The van der Waals surface area contributed by atoms with E-state index < -0.39 is 4.92 Å². The molecule has 0 aliphatic heterocycles. The maximum absolute atomic E-state index is 11.1. The van der Waals surface area contributed by atoms with Crippen molar-refractivity contribution in [2.45, 2.75) is 32.1 Å². The number of rotatable bonds is 5. The molecule has 0 saturated heterocycles. The van der Waals surface area contributed by atoms with E-state index in [1.165, 1.54) is 44.2 Å². The summed E-state index contributed by atoms with van der Waals surface area (Å²) >= 11 is 0. The lowest BCUT2D eigenvalue weighted by molar-refractivity contribution is -0.384. The fourth-order valence-corrected chi connectivity index (χ4v) is 2.79. The summed E-state index contributed by atoms with van der Waals surface area (Å²) in [5, 5.41) is 11.1. The fourth-order valence-electron chi connectivity index (χ4n) is 2.79. The average Bonchev–Trinajstić information content (AvgIpc) is 2.47. The van der Waals surface area contributed by atoms with E-state index in [-0.39, 0.29) is 5.69 Å². The summed E-state index contributed by atoms with van der Waals surface area (Å²) in [6.07, 6.45) is 6.17. The number of nitro groups is 1. The second-order valence-corrected chi connectivity index (χ2v) is 5.33. The molecular weight excluding hydrogens is 258 g/mol. The van der Waals surface area contributed by atoms with Crippen LogP contribution in [-0.4, -0.2) is 23.5 Å². The third-order valence-electron chi connectivity index (χ3n) is 3.82. The van der Waals surface area contributed by atoms with Crippen LogP contribution in [-0.2, 0) is 0 Å². The maximum Gasteiger partial charge on any atom is 0.311 e. The van der Waals surface area contributed by atoms with E-state index >= 15 is 0 Å². The first kappa shape index (κ1) is 14.5. The van der Waals surface area contributed by atoms with Crippen molar-refractivity contribution in [2.75, 3.05) is 23.9 Å². The van der Waals surface area contributed by atoms with E-state index in [2.05, 4.69) is 10.4 Å². The van der Waals surface area contributed by atoms with Crippen molar-refractivity contribution in [3.63, 3.8) is 0 Å². The summed E-state index contributed by atoms with van der Waals surface area (Å²) in [5.74, 6) is 6.72. The summed E-state index contributed by atoms with van der Waals surface area (Å²) in [6.45, 7) is 0.794. The van der Waals surface area contributed by atoms with Crippen molar-refractivity contribution in [2.24, 2.45) is 11.8 Å². The van der Waals surface area contributed by atoms with Crippen molar-refractivity contribution < 1.29 is 4.92 Å². The second kappa shape index (κ2) is 6.51. The van der Waals surface area contributed by atoms with Crippen LogP contribution in [0.15, 0.2) is 12.1 Å². The monoisotopic (exact) mass is 279 g/mol. The van der Waals surface area contributed by atoms with Crippen molar-refractivity contribution in [3.8, 4) is 0 Å². The van der Waals surface area contributed by atoms with Gasteiger partial charge in [-0.25, -0.2) is 10.8 Å². The van der Waals surface area contributed by atoms with Gasteiger partial charge in [-0.05, 0) is 24.8 Å². The molecule has 110 valence electrons. The topological polar surface area (TPSA) is 97.3 Å². The molecule has 7 nitrogen and oxygen atoms in total. The molecule has 0 unspecified atom stereocenters. The second-order valence-electron chi connectivity index (χ2n) is 5.33. The third-order valence-corrected chi connectivity index (χ3v) is 3.82. The number of hydrogen-bond acceptors (Lipinski definition) is 6. The molecule has 0 bridgehead atoms. The van der Waals surface area contributed by atoms with Crippen LogP contribution in [0.1, 0.15) is 32.1 Å². The molecule has 1 saturated carbocycles. The van der Waals surface area contributed by atoms with Crippen molar-refractivity contribution >= 4 is 17.3 Å². The highest BCUT2D eigenvalue weighted by Gasteiger charge is 2.22. The number of hydrazine groups is 1. The van der Waals surface area contributed by atoms with E-state index in [1.807, 2.05) is 11.9 Å². The van der Waals surface area contributed by atoms with Crippen molar-refractivity contribution in [1.82, 2.24) is 4.98 Å². The lowest BCUT2D eigenvalue weighted by atomic mass is 9.89. The van der Waals surface area contributed by atoms with Gasteiger partial charge in [0.25, 0.3) is 0 Å². The van der Waals surface area contributed by atoms with Gasteiger partial charge in [0.05, 0.1) is 4.92 Å². The van der Waals surface area contributed by atoms with E-state index in [4.69, 9.17) is 5.84 Å². The standard InChI is InChI=1S/C13H21N5O2/c1-17(9-10-5-3-2-4-6-10)13-11(18(19)20)7-8-12(15-13)16-14/h7-8,10H,2-6,9,14H2,1H3,(H,15,16). The number of nitrogen functional groups attached to an aromatic ring is 1. The maximum atomic E-state index is 11.1. The van der Waals surface area contributed by atoms with Gasteiger partial charge in [-0.2, -0.15) is 0 Å². The first-order valence-electron chi connectivity index (χ1n) is 6.95. The van der Waals surface area contributed by atoms with Crippen LogP contribution in [0.5, 0.6) is 0 Å². The van der Waals surface area contributed by atoms with Crippen LogP contribution < -0.4 is 16.2 Å². The molecule has 7 heteroatoms. The molecule has 20 heavy (non-hydrogen) atoms. The Bertz CT molecular complexity index is 474. The van der Waals surface area contributed by atoms with Gasteiger partial charge in [0.1, 0.15) is 5.82 Å². The average molecular weight is 279 g/mol. The quantitative estimate of drug-likeness (QED) is 0.487. The molecule has 0 amide bonds. The Kier molecular flexibility index (Phi) is 4.73. The van der Waals surface area contributed by atoms with Gasteiger partial charge in [0.2, 0.25) is 5.82 Å². The van der Waals surface area contributed by atoms with Gasteiger partial charge >= 0.3 is 5.69 Å². The first-order chi connectivity index (χ1) is 9.61. The summed E-state index contributed by atoms with van der Waals surface area (Å²) in [5.41, 5.74) is 2.45. The Labute approximate surface area is 118 Å². The lowest BCUT2D eigenvalue weighted by Crippen LogP contribution is -2.28. The summed E-state index contributed by atoms with van der Waals surface area (Å²) in [6, 6.07) is 2.95.